The van der Waals surface area contributed by atoms with Crippen LogP contribution in [0.1, 0.15) is 0 Å². The zero-order valence-electron chi connectivity index (χ0n) is 9.51. The van der Waals surface area contributed by atoms with Gasteiger partial charge in [0, 0.05) is 4.88 Å². The van der Waals surface area contributed by atoms with E-state index in [9.17, 15) is 0 Å². The summed E-state index contributed by atoms with van der Waals surface area (Å²) in [6.45, 7) is 0. The highest BCUT2D eigenvalue weighted by molar-refractivity contribution is 7.13. The third kappa shape index (κ3) is 1.81. The van der Waals surface area contributed by atoms with Gasteiger partial charge in [-0.25, -0.2) is 0 Å². The van der Waals surface area contributed by atoms with Crippen molar-refractivity contribution in [3.05, 3.63) is 53.9 Å². The van der Waals surface area contributed by atoms with Crippen molar-refractivity contribution < 1.29 is 4.74 Å². The van der Waals surface area contributed by atoms with Crippen molar-refractivity contribution in [1.29, 1.82) is 0 Å². The van der Waals surface area contributed by atoms with Crippen LogP contribution >= 0.6 is 11.3 Å². The molecule has 1 nitrogen and oxygen atoms in total. The number of fused-ring (bicyclic) bond motifs is 1. The highest BCUT2D eigenvalue weighted by Crippen LogP contribution is 2.33. The van der Waals surface area contributed by atoms with Gasteiger partial charge in [-0.15, -0.1) is 11.3 Å². The van der Waals surface area contributed by atoms with Crippen molar-refractivity contribution in [1.82, 2.24) is 0 Å². The lowest BCUT2D eigenvalue weighted by atomic mass is 10.0. The Kier molecular flexibility index (Phi) is 2.57. The van der Waals surface area contributed by atoms with Gasteiger partial charge in [0.2, 0.25) is 0 Å². The smallest absolute Gasteiger partial charge is 0.119 e. The number of rotatable bonds is 2. The third-order valence-corrected chi connectivity index (χ3v) is 3.78. The summed E-state index contributed by atoms with van der Waals surface area (Å²) in [5.74, 6) is 0.904. The highest BCUT2D eigenvalue weighted by atomic mass is 32.1. The predicted molar refractivity (Wildman–Crippen MR) is 73.8 cm³/mol. The van der Waals surface area contributed by atoms with E-state index in [0.717, 1.165) is 5.75 Å². The summed E-state index contributed by atoms with van der Waals surface area (Å²) < 4.78 is 5.30. The first-order valence-electron chi connectivity index (χ1n) is 5.49. The molecule has 0 radical (unpaired) electrons. The van der Waals surface area contributed by atoms with Gasteiger partial charge in [-0.2, -0.15) is 0 Å². The van der Waals surface area contributed by atoms with E-state index in [-0.39, 0.29) is 0 Å². The Bertz CT molecular complexity index is 641. The van der Waals surface area contributed by atoms with Crippen LogP contribution in [0.3, 0.4) is 0 Å². The first-order chi connectivity index (χ1) is 8.38. The quantitative estimate of drug-likeness (QED) is 0.637. The van der Waals surface area contributed by atoms with Crippen molar-refractivity contribution in [2.75, 3.05) is 7.11 Å². The van der Waals surface area contributed by atoms with Gasteiger partial charge in [0.25, 0.3) is 0 Å². The molecule has 0 fully saturated rings. The number of hydrogen-bond acceptors (Lipinski definition) is 2. The van der Waals surface area contributed by atoms with Crippen molar-refractivity contribution in [2.24, 2.45) is 0 Å². The van der Waals surface area contributed by atoms with Crippen LogP contribution < -0.4 is 4.74 Å². The summed E-state index contributed by atoms with van der Waals surface area (Å²) in [6.07, 6.45) is 0. The number of benzene rings is 2. The molecule has 0 spiro atoms. The van der Waals surface area contributed by atoms with Gasteiger partial charge < -0.3 is 4.74 Å². The number of thiophene rings is 1. The summed E-state index contributed by atoms with van der Waals surface area (Å²) in [5, 5.41) is 4.60. The van der Waals surface area contributed by atoms with Crippen LogP contribution in [0, 0.1) is 0 Å². The molecule has 0 aliphatic rings. The number of ether oxygens (including phenoxy) is 1. The molecule has 0 saturated heterocycles. The van der Waals surface area contributed by atoms with Crippen LogP contribution in [0.15, 0.2) is 53.9 Å². The lowest BCUT2D eigenvalue weighted by molar-refractivity contribution is 0.415. The Morgan fingerprint density at radius 1 is 1.00 bits per heavy atom. The maximum atomic E-state index is 5.30. The summed E-state index contributed by atoms with van der Waals surface area (Å²) in [6, 6.07) is 16.8. The van der Waals surface area contributed by atoms with Gasteiger partial charge in [0.1, 0.15) is 5.75 Å². The molecule has 0 saturated carbocycles. The summed E-state index contributed by atoms with van der Waals surface area (Å²) >= 11 is 1.76. The fourth-order valence-corrected chi connectivity index (χ4v) is 2.79. The first-order valence-corrected chi connectivity index (χ1v) is 6.37. The van der Waals surface area contributed by atoms with Gasteiger partial charge in [0.05, 0.1) is 7.11 Å². The zero-order valence-corrected chi connectivity index (χ0v) is 10.3. The SMILES string of the molecule is COc1ccc2cccc(-c3cccs3)c2c1. The molecule has 0 bridgehead atoms. The van der Waals surface area contributed by atoms with Crippen molar-refractivity contribution >= 4 is 22.1 Å². The average Bonchev–Trinajstić information content (AvgIpc) is 2.91. The lowest BCUT2D eigenvalue weighted by Gasteiger charge is -2.06. The Hall–Kier alpha value is -1.80. The van der Waals surface area contributed by atoms with E-state index in [1.807, 2.05) is 6.07 Å². The van der Waals surface area contributed by atoms with Crippen molar-refractivity contribution in [3.8, 4) is 16.2 Å². The van der Waals surface area contributed by atoms with E-state index in [1.165, 1.54) is 21.2 Å². The highest BCUT2D eigenvalue weighted by Gasteiger charge is 2.05. The van der Waals surface area contributed by atoms with Crippen LogP contribution in [0.2, 0.25) is 0 Å². The molecule has 84 valence electrons. The van der Waals surface area contributed by atoms with Gasteiger partial charge in [-0.1, -0.05) is 30.3 Å². The van der Waals surface area contributed by atoms with Crippen molar-refractivity contribution in [3.63, 3.8) is 0 Å². The van der Waals surface area contributed by atoms with Crippen LogP contribution in [0.4, 0.5) is 0 Å². The molecule has 17 heavy (non-hydrogen) atoms. The molecule has 3 aromatic rings. The van der Waals surface area contributed by atoms with E-state index in [2.05, 4.69) is 47.8 Å². The maximum Gasteiger partial charge on any atom is 0.119 e. The molecular formula is C15H12OS. The molecule has 0 aliphatic heterocycles. The van der Waals surface area contributed by atoms with Crippen LogP contribution in [-0.4, -0.2) is 7.11 Å². The van der Waals surface area contributed by atoms with Gasteiger partial charge in [0.15, 0.2) is 0 Å². The van der Waals surface area contributed by atoms with E-state index in [0.29, 0.717) is 0 Å². The molecule has 1 heterocycles. The Morgan fingerprint density at radius 3 is 2.71 bits per heavy atom. The minimum absolute atomic E-state index is 0.904. The topological polar surface area (TPSA) is 9.23 Å². The Balaban J connectivity index is 2.30. The molecular weight excluding hydrogens is 228 g/mol. The van der Waals surface area contributed by atoms with Gasteiger partial charge in [-0.05, 0) is 39.9 Å². The zero-order chi connectivity index (χ0) is 11.7. The van der Waals surface area contributed by atoms with Gasteiger partial charge in [-0.3, -0.25) is 0 Å². The van der Waals surface area contributed by atoms with Crippen LogP contribution in [0.5, 0.6) is 5.75 Å². The fourth-order valence-electron chi connectivity index (χ4n) is 2.03. The second-order valence-corrected chi connectivity index (χ2v) is 4.82. The van der Waals surface area contributed by atoms with E-state index < -0.39 is 0 Å². The molecule has 0 atom stereocenters. The number of methoxy groups -OCH3 is 1. The molecule has 0 aliphatic carbocycles. The van der Waals surface area contributed by atoms with E-state index in [1.54, 1.807) is 18.4 Å². The Labute approximate surface area is 104 Å². The minimum atomic E-state index is 0.904. The largest absolute Gasteiger partial charge is 0.497 e. The minimum Gasteiger partial charge on any atom is -0.497 e. The first kappa shape index (κ1) is 10.4. The number of hydrogen-bond donors (Lipinski definition) is 0. The molecule has 3 rings (SSSR count). The molecule has 1 aromatic heterocycles. The summed E-state index contributed by atoms with van der Waals surface area (Å²) in [7, 11) is 1.70. The summed E-state index contributed by atoms with van der Waals surface area (Å²) in [5.41, 5.74) is 1.27. The molecule has 2 heteroatoms. The van der Waals surface area contributed by atoms with Gasteiger partial charge >= 0.3 is 0 Å². The fraction of sp³-hybridized carbons (Fsp3) is 0.0667. The second kappa shape index (κ2) is 4.22. The molecule has 0 N–H and O–H groups in total. The molecule has 0 unspecified atom stereocenters. The molecule has 2 aromatic carbocycles. The average molecular weight is 240 g/mol. The molecule has 0 amide bonds. The van der Waals surface area contributed by atoms with Crippen molar-refractivity contribution in [2.45, 2.75) is 0 Å². The van der Waals surface area contributed by atoms with Crippen LogP contribution in [0.25, 0.3) is 21.2 Å². The van der Waals surface area contributed by atoms with Crippen LogP contribution in [-0.2, 0) is 0 Å². The van der Waals surface area contributed by atoms with E-state index >= 15 is 0 Å². The standard InChI is InChI=1S/C15H12OS/c1-16-12-8-7-11-4-2-5-13(14(11)10-12)15-6-3-9-17-15/h2-10H,1H3. The normalized spacial score (nSPS) is 10.6. The van der Waals surface area contributed by atoms with E-state index in [4.69, 9.17) is 4.74 Å². The Morgan fingerprint density at radius 2 is 1.94 bits per heavy atom. The third-order valence-electron chi connectivity index (χ3n) is 2.88. The predicted octanol–water partition coefficient (Wildman–Crippen LogP) is 4.58. The maximum absolute atomic E-state index is 5.30. The lowest BCUT2D eigenvalue weighted by Crippen LogP contribution is -1.84. The second-order valence-electron chi connectivity index (χ2n) is 3.87. The summed E-state index contributed by atoms with van der Waals surface area (Å²) in [4.78, 5) is 1.30. The monoisotopic (exact) mass is 240 g/mol.